The van der Waals surface area contributed by atoms with Gasteiger partial charge in [-0.25, -0.2) is 12.2 Å². The van der Waals surface area contributed by atoms with Crippen LogP contribution in [0.4, 0.5) is 0 Å². The molecular weight excluding hydrogens is 535 g/mol. The van der Waals surface area contributed by atoms with E-state index >= 15 is 0 Å². The molecule has 0 bridgehead atoms. The summed E-state index contributed by atoms with van der Waals surface area (Å²) in [5.41, 5.74) is 1.63. The molecule has 2 nitrogen and oxygen atoms in total. The summed E-state index contributed by atoms with van der Waals surface area (Å²) in [4.78, 5) is 0. The van der Waals surface area contributed by atoms with Gasteiger partial charge in [-0.3, -0.25) is 6.08 Å². The molecule has 156 valence electrons. The molecule has 0 heterocycles. The number of hydrogen-bond donors (Lipinski definition) is 0. The molecule has 0 N–H and O–H groups in total. The molecule has 0 spiro atoms. The minimum Gasteiger partial charge on any atom is -0.872 e. The third-order valence-electron chi connectivity index (χ3n) is 3.61. The molecule has 2 aromatic carbocycles. The van der Waals surface area contributed by atoms with Gasteiger partial charge in [0.1, 0.15) is 0 Å². The fourth-order valence-corrected chi connectivity index (χ4v) is 2.00. The van der Waals surface area contributed by atoms with Crippen molar-refractivity contribution in [3.63, 3.8) is 0 Å². The van der Waals surface area contributed by atoms with E-state index in [1.54, 1.807) is 36.4 Å². The van der Waals surface area contributed by atoms with Crippen molar-refractivity contribution in [1.82, 2.24) is 0 Å². The summed E-state index contributed by atoms with van der Waals surface area (Å²) >= 11 is 0. The molecule has 0 aliphatic heterocycles. The van der Waals surface area contributed by atoms with Crippen molar-refractivity contribution in [3.05, 3.63) is 116 Å². The van der Waals surface area contributed by atoms with Crippen LogP contribution in [0.25, 0.3) is 0 Å². The molecule has 0 amide bonds. The topological polar surface area (TPSA) is 46.1 Å². The van der Waals surface area contributed by atoms with Gasteiger partial charge in [0, 0.05) is 0 Å². The summed E-state index contributed by atoms with van der Waals surface area (Å²) in [6.07, 6.45) is 17.1. The number of para-hydroxylation sites is 2. The minimum absolute atomic E-state index is 0. The van der Waals surface area contributed by atoms with Crippen LogP contribution in [0.15, 0.2) is 92.1 Å². The van der Waals surface area contributed by atoms with Gasteiger partial charge in [0.05, 0.1) is 0 Å². The Kier molecular flexibility index (Phi) is 21.6. The van der Waals surface area contributed by atoms with Crippen molar-refractivity contribution in [2.75, 3.05) is 0 Å². The van der Waals surface area contributed by atoms with Crippen LogP contribution in [0.2, 0.25) is 0 Å². The average molecular weight is 567 g/mol. The van der Waals surface area contributed by atoms with Crippen LogP contribution in [0.5, 0.6) is 11.5 Å². The smallest absolute Gasteiger partial charge is 0.872 e. The Bertz CT molecular complexity index is 685. The first-order chi connectivity index (χ1) is 14.1. The monoisotopic (exact) mass is 568 g/mol. The standard InChI is InChI=1S/2C9H10O.C5H5.C4H9.Hf/c2*1-2-5-8-6-3-4-7-9(8)10;1-2-4-5-3-1;1-3-4-2;/h2*2-4,6-7,10H,1,5H2;1-3H,4H2;1,3-4H2,2H3;/q;;2*-1;+4/p-2. The van der Waals surface area contributed by atoms with E-state index in [1.165, 1.54) is 6.42 Å². The Morgan fingerprint density at radius 1 is 0.933 bits per heavy atom. The van der Waals surface area contributed by atoms with Crippen molar-refractivity contribution in [2.45, 2.75) is 39.0 Å². The van der Waals surface area contributed by atoms with Gasteiger partial charge in [-0.15, -0.1) is 31.1 Å². The van der Waals surface area contributed by atoms with Gasteiger partial charge < -0.3 is 17.1 Å². The van der Waals surface area contributed by atoms with E-state index in [4.69, 9.17) is 0 Å². The number of hydrogen-bond acceptors (Lipinski definition) is 2. The zero-order chi connectivity index (χ0) is 21.7. The first-order valence-corrected chi connectivity index (χ1v) is 9.83. The minimum atomic E-state index is 0. The summed E-state index contributed by atoms with van der Waals surface area (Å²) in [5, 5.41) is 21.9. The van der Waals surface area contributed by atoms with Crippen molar-refractivity contribution < 1.29 is 36.1 Å². The van der Waals surface area contributed by atoms with Crippen LogP contribution in [0.3, 0.4) is 0 Å². The molecular formula is C27H32HfO2. The molecule has 0 atom stereocenters. The van der Waals surface area contributed by atoms with Gasteiger partial charge >= 0.3 is 25.8 Å². The molecule has 0 fully saturated rings. The maximum Gasteiger partial charge on any atom is 4.00 e. The third kappa shape index (κ3) is 15.8. The van der Waals surface area contributed by atoms with Crippen molar-refractivity contribution in [2.24, 2.45) is 0 Å². The molecule has 3 heteroatoms. The first kappa shape index (κ1) is 30.1. The summed E-state index contributed by atoms with van der Waals surface area (Å²) in [7, 11) is 0. The Hall–Kier alpha value is -2.13. The normalized spacial score (nSPS) is 10.1. The molecule has 0 radical (unpaired) electrons. The zero-order valence-corrected chi connectivity index (χ0v) is 21.6. The van der Waals surface area contributed by atoms with Crippen LogP contribution in [0.1, 0.15) is 37.3 Å². The molecule has 30 heavy (non-hydrogen) atoms. The van der Waals surface area contributed by atoms with Gasteiger partial charge in [-0.2, -0.15) is 12.5 Å². The Morgan fingerprint density at radius 2 is 1.37 bits per heavy atom. The van der Waals surface area contributed by atoms with Crippen molar-refractivity contribution >= 4 is 0 Å². The molecule has 0 unspecified atom stereocenters. The van der Waals surface area contributed by atoms with Gasteiger partial charge in [-0.1, -0.05) is 85.2 Å². The average Bonchev–Trinajstić information content (AvgIpc) is 3.33. The Balaban J connectivity index is 0. The summed E-state index contributed by atoms with van der Waals surface area (Å²) in [6.45, 7) is 12.8. The summed E-state index contributed by atoms with van der Waals surface area (Å²) < 4.78 is 0. The van der Waals surface area contributed by atoms with E-state index in [1.807, 2.05) is 36.4 Å². The summed E-state index contributed by atoms with van der Waals surface area (Å²) in [6, 6.07) is 14.0. The van der Waals surface area contributed by atoms with E-state index in [-0.39, 0.29) is 37.3 Å². The number of allylic oxidation sites excluding steroid dienone is 6. The number of rotatable bonds is 5. The predicted molar refractivity (Wildman–Crippen MR) is 121 cm³/mol. The van der Waals surface area contributed by atoms with Gasteiger partial charge in [0.25, 0.3) is 0 Å². The molecule has 3 rings (SSSR count). The van der Waals surface area contributed by atoms with E-state index in [0.29, 0.717) is 12.8 Å². The number of benzene rings is 2. The Morgan fingerprint density at radius 3 is 1.60 bits per heavy atom. The largest absolute Gasteiger partial charge is 4.00 e. The summed E-state index contributed by atoms with van der Waals surface area (Å²) in [5.74, 6) is 0.199. The fourth-order valence-electron chi connectivity index (χ4n) is 2.00. The van der Waals surface area contributed by atoms with E-state index in [9.17, 15) is 10.2 Å². The van der Waals surface area contributed by atoms with Crippen molar-refractivity contribution in [3.8, 4) is 11.5 Å². The van der Waals surface area contributed by atoms with Crippen LogP contribution in [-0.4, -0.2) is 0 Å². The predicted octanol–water partition coefficient (Wildman–Crippen LogP) is 5.90. The number of unbranched alkanes of at least 4 members (excludes halogenated alkanes) is 1. The quantitative estimate of drug-likeness (QED) is 0.257. The molecule has 2 aromatic rings. The molecule has 1 aliphatic rings. The second-order valence-electron chi connectivity index (χ2n) is 6.06. The van der Waals surface area contributed by atoms with Crippen molar-refractivity contribution in [1.29, 1.82) is 0 Å². The zero-order valence-electron chi connectivity index (χ0n) is 18.0. The second kappa shape index (κ2) is 21.6. The fraction of sp³-hybridized carbons (Fsp3) is 0.222. The maximum atomic E-state index is 11.0. The van der Waals surface area contributed by atoms with Crippen LogP contribution in [0, 0.1) is 13.0 Å². The van der Waals surface area contributed by atoms with E-state index < -0.39 is 0 Å². The van der Waals surface area contributed by atoms with E-state index in [0.717, 1.165) is 24.0 Å². The van der Waals surface area contributed by atoms with Gasteiger partial charge in [0.2, 0.25) is 0 Å². The molecule has 0 saturated heterocycles. The molecule has 0 saturated carbocycles. The Labute approximate surface area is 202 Å². The van der Waals surface area contributed by atoms with E-state index in [2.05, 4.69) is 39.2 Å². The SMILES string of the molecule is C=CCc1ccccc1[O-].C=CCc1ccccc1[O-].[C-]1=CC=CC1.[CH2-]CCC.[Hf+4]. The van der Waals surface area contributed by atoms with Gasteiger partial charge in [0.15, 0.2) is 0 Å². The maximum absolute atomic E-state index is 11.0. The molecule has 1 aliphatic carbocycles. The molecule has 0 aromatic heterocycles. The van der Waals surface area contributed by atoms with Crippen LogP contribution in [-0.2, 0) is 38.7 Å². The van der Waals surface area contributed by atoms with Crippen LogP contribution >= 0.6 is 0 Å². The second-order valence-corrected chi connectivity index (χ2v) is 6.06. The third-order valence-corrected chi connectivity index (χ3v) is 3.61. The van der Waals surface area contributed by atoms with Gasteiger partial charge in [-0.05, 0) is 12.8 Å². The first-order valence-electron chi connectivity index (χ1n) is 9.83. The van der Waals surface area contributed by atoms with Crippen LogP contribution < -0.4 is 10.2 Å².